The summed E-state index contributed by atoms with van der Waals surface area (Å²) in [5, 5.41) is 9.16. The minimum atomic E-state index is -1.10. The van der Waals surface area contributed by atoms with Gasteiger partial charge in [0.25, 0.3) is 0 Å². The first kappa shape index (κ1) is 12.1. The highest BCUT2D eigenvalue weighted by atomic mass is 16.4. The predicted octanol–water partition coefficient (Wildman–Crippen LogP) is 2.36. The Morgan fingerprint density at radius 3 is 2.56 bits per heavy atom. The molecule has 1 aromatic heterocycles. The lowest BCUT2D eigenvalue weighted by atomic mass is 9.96. The SMILES string of the molecule is Cc1ccc(C)c(-c2c[nH]c(=O)cc2C(=O)O)c1. The fourth-order valence-corrected chi connectivity index (χ4v) is 1.90. The summed E-state index contributed by atoms with van der Waals surface area (Å²) in [5.41, 5.74) is 2.97. The molecular formula is C14H13NO3. The number of aryl methyl sites for hydroxylation is 2. The number of rotatable bonds is 2. The maximum absolute atomic E-state index is 11.2. The maximum atomic E-state index is 11.2. The number of nitrogens with one attached hydrogen (secondary N) is 1. The van der Waals surface area contributed by atoms with Crippen molar-refractivity contribution in [2.45, 2.75) is 13.8 Å². The minimum Gasteiger partial charge on any atom is -0.478 e. The van der Waals surface area contributed by atoms with Gasteiger partial charge < -0.3 is 10.1 Å². The van der Waals surface area contributed by atoms with Crippen LogP contribution in [0.3, 0.4) is 0 Å². The van der Waals surface area contributed by atoms with Crippen LogP contribution in [0.5, 0.6) is 0 Å². The fourth-order valence-electron chi connectivity index (χ4n) is 1.90. The lowest BCUT2D eigenvalue weighted by Gasteiger charge is -2.09. The van der Waals surface area contributed by atoms with Crippen LogP contribution in [-0.2, 0) is 0 Å². The van der Waals surface area contributed by atoms with E-state index < -0.39 is 11.5 Å². The number of aromatic amines is 1. The van der Waals surface area contributed by atoms with Crippen LogP contribution in [0.2, 0.25) is 0 Å². The van der Waals surface area contributed by atoms with Crippen LogP contribution in [0.25, 0.3) is 11.1 Å². The van der Waals surface area contributed by atoms with E-state index in [-0.39, 0.29) is 5.56 Å². The number of benzene rings is 1. The molecule has 0 radical (unpaired) electrons. The molecule has 92 valence electrons. The molecule has 0 unspecified atom stereocenters. The Morgan fingerprint density at radius 1 is 1.17 bits per heavy atom. The van der Waals surface area contributed by atoms with Crippen molar-refractivity contribution in [1.82, 2.24) is 4.98 Å². The molecule has 0 aliphatic heterocycles. The van der Waals surface area contributed by atoms with E-state index in [1.807, 2.05) is 32.0 Å². The summed E-state index contributed by atoms with van der Waals surface area (Å²) < 4.78 is 0. The third-order valence-corrected chi connectivity index (χ3v) is 2.84. The number of carboxylic acid groups (broad SMARTS) is 1. The highest BCUT2D eigenvalue weighted by Crippen LogP contribution is 2.26. The Hall–Kier alpha value is -2.36. The molecule has 1 aromatic carbocycles. The second-order valence-corrected chi connectivity index (χ2v) is 4.25. The summed E-state index contributed by atoms with van der Waals surface area (Å²) in [6, 6.07) is 6.92. The first-order valence-electron chi connectivity index (χ1n) is 5.52. The molecule has 18 heavy (non-hydrogen) atoms. The first-order valence-corrected chi connectivity index (χ1v) is 5.52. The number of aromatic carboxylic acids is 1. The quantitative estimate of drug-likeness (QED) is 0.850. The smallest absolute Gasteiger partial charge is 0.336 e. The van der Waals surface area contributed by atoms with Gasteiger partial charge in [0.1, 0.15) is 0 Å². The van der Waals surface area contributed by atoms with Crippen LogP contribution in [0.4, 0.5) is 0 Å². The lowest BCUT2D eigenvalue weighted by molar-refractivity contribution is 0.0697. The molecular weight excluding hydrogens is 230 g/mol. The number of hydrogen-bond donors (Lipinski definition) is 2. The molecule has 2 rings (SSSR count). The number of H-pyrrole nitrogens is 1. The van der Waals surface area contributed by atoms with E-state index in [1.54, 1.807) is 0 Å². The molecule has 0 aliphatic carbocycles. The molecule has 0 saturated heterocycles. The summed E-state index contributed by atoms with van der Waals surface area (Å²) in [4.78, 5) is 24.9. The van der Waals surface area contributed by atoms with Crippen molar-refractivity contribution in [1.29, 1.82) is 0 Å². The summed E-state index contributed by atoms with van der Waals surface area (Å²) in [6.45, 7) is 3.85. The normalized spacial score (nSPS) is 10.3. The molecule has 0 amide bonds. The molecule has 0 bridgehead atoms. The van der Waals surface area contributed by atoms with Gasteiger partial charge in [-0.2, -0.15) is 0 Å². The van der Waals surface area contributed by atoms with Gasteiger partial charge in [0, 0.05) is 17.8 Å². The van der Waals surface area contributed by atoms with Crippen LogP contribution < -0.4 is 5.56 Å². The Kier molecular flexibility index (Phi) is 3.02. The van der Waals surface area contributed by atoms with Crippen LogP contribution in [-0.4, -0.2) is 16.1 Å². The third-order valence-electron chi connectivity index (χ3n) is 2.84. The average Bonchev–Trinajstić information content (AvgIpc) is 2.32. The van der Waals surface area contributed by atoms with E-state index in [4.69, 9.17) is 5.11 Å². The molecule has 0 fully saturated rings. The van der Waals surface area contributed by atoms with Crippen LogP contribution in [0.15, 0.2) is 35.3 Å². The van der Waals surface area contributed by atoms with Crippen molar-refractivity contribution in [3.63, 3.8) is 0 Å². The third kappa shape index (κ3) is 2.18. The zero-order valence-corrected chi connectivity index (χ0v) is 10.2. The molecule has 2 N–H and O–H groups in total. The average molecular weight is 243 g/mol. The van der Waals surface area contributed by atoms with Gasteiger partial charge in [-0.3, -0.25) is 4.79 Å². The predicted molar refractivity (Wildman–Crippen MR) is 68.9 cm³/mol. The largest absolute Gasteiger partial charge is 0.478 e. The zero-order chi connectivity index (χ0) is 13.3. The minimum absolute atomic E-state index is 0.0208. The van der Waals surface area contributed by atoms with Crippen molar-refractivity contribution >= 4 is 5.97 Å². The molecule has 0 saturated carbocycles. The van der Waals surface area contributed by atoms with Gasteiger partial charge in [0.2, 0.25) is 5.56 Å². The second-order valence-electron chi connectivity index (χ2n) is 4.25. The van der Waals surface area contributed by atoms with Crippen LogP contribution in [0.1, 0.15) is 21.5 Å². The zero-order valence-electron chi connectivity index (χ0n) is 10.2. The van der Waals surface area contributed by atoms with E-state index in [2.05, 4.69) is 4.98 Å². The van der Waals surface area contributed by atoms with Crippen LogP contribution in [0, 0.1) is 13.8 Å². The van der Waals surface area contributed by atoms with Gasteiger partial charge in [-0.25, -0.2) is 4.79 Å². The number of aromatic nitrogens is 1. The first-order chi connectivity index (χ1) is 8.49. The van der Waals surface area contributed by atoms with Gasteiger partial charge in [-0.15, -0.1) is 0 Å². The van der Waals surface area contributed by atoms with E-state index in [0.717, 1.165) is 22.8 Å². The van der Waals surface area contributed by atoms with Gasteiger partial charge in [-0.05, 0) is 25.0 Å². The standard InChI is InChI=1S/C14H13NO3/c1-8-3-4-9(2)10(5-8)12-7-15-13(16)6-11(12)14(17)18/h3-7H,1-2H3,(H,15,16)(H,17,18). The van der Waals surface area contributed by atoms with Crippen molar-refractivity contribution in [3.8, 4) is 11.1 Å². The van der Waals surface area contributed by atoms with Crippen molar-refractivity contribution in [2.24, 2.45) is 0 Å². The Balaban J connectivity index is 2.74. The Labute approximate surface area is 104 Å². The fraction of sp³-hybridized carbons (Fsp3) is 0.143. The summed E-state index contributed by atoms with van der Waals surface area (Å²) in [6.07, 6.45) is 1.45. The van der Waals surface area contributed by atoms with Gasteiger partial charge >= 0.3 is 5.97 Å². The Bertz CT molecular complexity index is 671. The summed E-state index contributed by atoms with van der Waals surface area (Å²) in [5.74, 6) is -1.10. The second kappa shape index (κ2) is 4.49. The highest BCUT2D eigenvalue weighted by Gasteiger charge is 2.14. The number of hydrogen-bond acceptors (Lipinski definition) is 2. The number of carboxylic acids is 1. The molecule has 1 heterocycles. The van der Waals surface area contributed by atoms with E-state index in [9.17, 15) is 9.59 Å². The molecule has 2 aromatic rings. The van der Waals surface area contributed by atoms with E-state index >= 15 is 0 Å². The number of pyridine rings is 1. The van der Waals surface area contributed by atoms with Crippen molar-refractivity contribution in [3.05, 3.63) is 57.5 Å². The van der Waals surface area contributed by atoms with Crippen LogP contribution >= 0.6 is 0 Å². The maximum Gasteiger partial charge on any atom is 0.336 e. The number of carbonyl (C=O) groups is 1. The molecule has 0 spiro atoms. The molecule has 0 atom stereocenters. The van der Waals surface area contributed by atoms with E-state index in [0.29, 0.717) is 5.56 Å². The van der Waals surface area contributed by atoms with Gasteiger partial charge in [-0.1, -0.05) is 23.8 Å². The van der Waals surface area contributed by atoms with Gasteiger partial charge in [0.05, 0.1) is 5.56 Å². The highest BCUT2D eigenvalue weighted by molar-refractivity contribution is 5.96. The Morgan fingerprint density at radius 2 is 1.89 bits per heavy atom. The lowest BCUT2D eigenvalue weighted by Crippen LogP contribution is -2.10. The van der Waals surface area contributed by atoms with E-state index in [1.165, 1.54) is 6.20 Å². The van der Waals surface area contributed by atoms with Crippen molar-refractivity contribution in [2.75, 3.05) is 0 Å². The monoisotopic (exact) mass is 243 g/mol. The topological polar surface area (TPSA) is 70.2 Å². The molecule has 0 aliphatic rings. The molecule has 4 heteroatoms. The van der Waals surface area contributed by atoms with Gasteiger partial charge in [0.15, 0.2) is 0 Å². The summed E-state index contributed by atoms with van der Waals surface area (Å²) >= 11 is 0. The summed E-state index contributed by atoms with van der Waals surface area (Å²) in [7, 11) is 0. The molecule has 4 nitrogen and oxygen atoms in total. The van der Waals surface area contributed by atoms with Crippen molar-refractivity contribution < 1.29 is 9.90 Å².